The van der Waals surface area contributed by atoms with Crippen LogP contribution in [0.15, 0.2) is 24.3 Å². The maximum absolute atomic E-state index is 11.4. The molecule has 0 aliphatic carbocycles. The molecule has 0 amide bonds. The van der Waals surface area contributed by atoms with Crippen LogP contribution in [0, 0.1) is 5.41 Å². The molecular weight excluding hydrogens is 228 g/mol. The number of hydrogen-bond donors (Lipinski definition) is 3. The van der Waals surface area contributed by atoms with Gasteiger partial charge in [-0.3, -0.25) is 0 Å². The van der Waals surface area contributed by atoms with E-state index in [1.54, 1.807) is 0 Å². The van der Waals surface area contributed by atoms with Crippen molar-refractivity contribution in [3.05, 3.63) is 29.8 Å². The van der Waals surface area contributed by atoms with Crippen LogP contribution in [0.1, 0.15) is 31.1 Å². The Morgan fingerprint density at radius 2 is 2.00 bits per heavy atom. The lowest BCUT2D eigenvalue weighted by Crippen LogP contribution is -2.20. The van der Waals surface area contributed by atoms with Gasteiger partial charge in [0.05, 0.1) is 0 Å². The molecule has 0 radical (unpaired) electrons. The molecule has 0 atom stereocenters. The summed E-state index contributed by atoms with van der Waals surface area (Å²) in [4.78, 5) is 14.5. The molecule has 1 heterocycles. The minimum absolute atomic E-state index is 0.0903. The molecule has 3 N–H and O–H groups in total. The van der Waals surface area contributed by atoms with Gasteiger partial charge in [-0.1, -0.05) is 39.0 Å². The van der Waals surface area contributed by atoms with Crippen molar-refractivity contribution >= 4 is 22.7 Å². The number of nitrogens with one attached hydrogen (secondary N) is 2. The van der Waals surface area contributed by atoms with Crippen LogP contribution in [0.2, 0.25) is 0 Å². The number of para-hydroxylation sites is 1. The van der Waals surface area contributed by atoms with Crippen molar-refractivity contribution in [3.8, 4) is 0 Å². The van der Waals surface area contributed by atoms with Crippen molar-refractivity contribution in [1.29, 1.82) is 0 Å². The summed E-state index contributed by atoms with van der Waals surface area (Å²) in [5.74, 6) is -0.331. The van der Waals surface area contributed by atoms with Crippen molar-refractivity contribution in [2.75, 3.05) is 11.9 Å². The van der Waals surface area contributed by atoms with Gasteiger partial charge in [0.1, 0.15) is 11.4 Å². The van der Waals surface area contributed by atoms with Crippen LogP contribution in [0.3, 0.4) is 0 Å². The average Bonchev–Trinajstić information content (AvgIpc) is 2.63. The zero-order valence-corrected chi connectivity index (χ0v) is 10.9. The molecule has 0 unspecified atom stereocenters. The smallest absolute Gasteiger partial charge is 0.340 e. The second-order valence-corrected chi connectivity index (χ2v) is 5.64. The number of rotatable bonds is 3. The SMILES string of the molecule is CC(C)(C)CNc1[nH]c2ccccc2c1C(=O)O. The van der Waals surface area contributed by atoms with Gasteiger partial charge in [-0.25, -0.2) is 4.79 Å². The third kappa shape index (κ3) is 2.47. The van der Waals surface area contributed by atoms with E-state index in [9.17, 15) is 9.90 Å². The summed E-state index contributed by atoms with van der Waals surface area (Å²) in [6.45, 7) is 7.01. The number of aromatic carboxylic acids is 1. The van der Waals surface area contributed by atoms with Crippen LogP contribution in [-0.2, 0) is 0 Å². The molecule has 4 nitrogen and oxygen atoms in total. The summed E-state index contributed by atoms with van der Waals surface area (Å²) in [5.41, 5.74) is 1.24. The normalized spacial score (nSPS) is 11.7. The third-order valence-electron chi connectivity index (χ3n) is 2.72. The lowest BCUT2D eigenvalue weighted by atomic mass is 9.97. The number of carboxylic acid groups (broad SMARTS) is 1. The average molecular weight is 246 g/mol. The van der Waals surface area contributed by atoms with Gasteiger partial charge in [0.2, 0.25) is 0 Å². The molecule has 0 saturated carbocycles. The lowest BCUT2D eigenvalue weighted by Gasteiger charge is -2.19. The molecule has 0 fully saturated rings. The number of carboxylic acids is 1. The Morgan fingerprint density at radius 3 is 2.61 bits per heavy atom. The van der Waals surface area contributed by atoms with Gasteiger partial charge in [0, 0.05) is 17.4 Å². The van der Waals surface area contributed by atoms with Crippen molar-refractivity contribution in [1.82, 2.24) is 4.98 Å². The molecule has 2 aromatic rings. The number of aromatic nitrogens is 1. The first kappa shape index (κ1) is 12.5. The number of anilines is 1. The van der Waals surface area contributed by atoms with Crippen molar-refractivity contribution in [3.63, 3.8) is 0 Å². The lowest BCUT2D eigenvalue weighted by molar-refractivity contribution is 0.0700. The number of benzene rings is 1. The largest absolute Gasteiger partial charge is 0.478 e. The maximum Gasteiger partial charge on any atom is 0.340 e. The molecule has 0 aliphatic heterocycles. The minimum Gasteiger partial charge on any atom is -0.478 e. The highest BCUT2D eigenvalue weighted by Gasteiger charge is 2.19. The second kappa shape index (κ2) is 4.37. The fraction of sp³-hybridized carbons (Fsp3) is 0.357. The van der Waals surface area contributed by atoms with Gasteiger partial charge in [0.25, 0.3) is 0 Å². The van der Waals surface area contributed by atoms with E-state index in [1.807, 2.05) is 24.3 Å². The molecule has 96 valence electrons. The summed E-state index contributed by atoms with van der Waals surface area (Å²) in [6, 6.07) is 7.43. The van der Waals surface area contributed by atoms with Gasteiger partial charge < -0.3 is 15.4 Å². The summed E-state index contributed by atoms with van der Waals surface area (Å²) in [5, 5.41) is 13.2. The first-order chi connectivity index (χ1) is 8.38. The highest BCUT2D eigenvalue weighted by Crippen LogP contribution is 2.27. The molecular formula is C14H18N2O2. The van der Waals surface area contributed by atoms with E-state index in [4.69, 9.17) is 0 Å². The highest BCUT2D eigenvalue weighted by molar-refractivity contribution is 6.08. The van der Waals surface area contributed by atoms with Gasteiger partial charge in [-0.2, -0.15) is 0 Å². The Kier molecular flexibility index (Phi) is 3.03. The molecule has 18 heavy (non-hydrogen) atoms. The predicted octanol–water partition coefficient (Wildman–Crippen LogP) is 3.32. The van der Waals surface area contributed by atoms with E-state index in [-0.39, 0.29) is 5.41 Å². The molecule has 1 aromatic carbocycles. The van der Waals surface area contributed by atoms with E-state index >= 15 is 0 Å². The fourth-order valence-corrected chi connectivity index (χ4v) is 1.85. The quantitative estimate of drug-likeness (QED) is 0.778. The summed E-state index contributed by atoms with van der Waals surface area (Å²) in [6.07, 6.45) is 0. The highest BCUT2D eigenvalue weighted by atomic mass is 16.4. The summed E-state index contributed by atoms with van der Waals surface area (Å²) >= 11 is 0. The van der Waals surface area contributed by atoms with Gasteiger partial charge in [0.15, 0.2) is 0 Å². The Bertz CT molecular complexity index is 579. The molecule has 0 saturated heterocycles. The zero-order valence-electron chi connectivity index (χ0n) is 10.9. The topological polar surface area (TPSA) is 65.1 Å². The number of H-pyrrole nitrogens is 1. The number of hydrogen-bond acceptors (Lipinski definition) is 2. The van der Waals surface area contributed by atoms with Crippen LogP contribution in [0.4, 0.5) is 5.82 Å². The van der Waals surface area contributed by atoms with Gasteiger partial charge in [-0.05, 0) is 11.5 Å². The molecule has 0 aliphatic rings. The third-order valence-corrected chi connectivity index (χ3v) is 2.72. The van der Waals surface area contributed by atoms with Crippen molar-refractivity contribution in [2.45, 2.75) is 20.8 Å². The van der Waals surface area contributed by atoms with E-state index in [0.29, 0.717) is 17.9 Å². The van der Waals surface area contributed by atoms with Crippen LogP contribution in [0.25, 0.3) is 10.9 Å². The standard InChI is InChI=1S/C14H18N2O2/c1-14(2,3)8-15-12-11(13(17)18)9-6-4-5-7-10(9)16-12/h4-7,15-16H,8H2,1-3H3,(H,17,18). The number of fused-ring (bicyclic) bond motifs is 1. The Morgan fingerprint density at radius 1 is 1.33 bits per heavy atom. The fourth-order valence-electron chi connectivity index (χ4n) is 1.85. The van der Waals surface area contributed by atoms with Crippen LogP contribution in [-0.4, -0.2) is 22.6 Å². The molecule has 0 spiro atoms. The number of carbonyl (C=O) groups is 1. The van der Waals surface area contributed by atoms with E-state index in [1.165, 1.54) is 0 Å². The Hall–Kier alpha value is -1.97. The summed E-state index contributed by atoms with van der Waals surface area (Å²) < 4.78 is 0. The Balaban J connectivity index is 2.43. The first-order valence-corrected chi connectivity index (χ1v) is 5.96. The van der Waals surface area contributed by atoms with Crippen LogP contribution < -0.4 is 5.32 Å². The molecule has 1 aromatic heterocycles. The molecule has 2 rings (SSSR count). The minimum atomic E-state index is -0.913. The van der Waals surface area contributed by atoms with E-state index in [0.717, 1.165) is 10.9 Å². The van der Waals surface area contributed by atoms with Gasteiger partial charge >= 0.3 is 5.97 Å². The first-order valence-electron chi connectivity index (χ1n) is 5.96. The summed E-state index contributed by atoms with van der Waals surface area (Å²) in [7, 11) is 0. The van der Waals surface area contributed by atoms with Crippen molar-refractivity contribution in [2.24, 2.45) is 5.41 Å². The van der Waals surface area contributed by atoms with Crippen LogP contribution in [0.5, 0.6) is 0 Å². The molecule has 0 bridgehead atoms. The zero-order chi connectivity index (χ0) is 13.3. The maximum atomic E-state index is 11.4. The Labute approximate surface area is 106 Å². The molecule has 4 heteroatoms. The predicted molar refractivity (Wildman–Crippen MR) is 73.2 cm³/mol. The van der Waals surface area contributed by atoms with E-state index in [2.05, 4.69) is 31.1 Å². The van der Waals surface area contributed by atoms with Crippen molar-refractivity contribution < 1.29 is 9.90 Å². The second-order valence-electron chi connectivity index (χ2n) is 5.64. The van der Waals surface area contributed by atoms with E-state index < -0.39 is 5.97 Å². The van der Waals surface area contributed by atoms with Gasteiger partial charge in [-0.15, -0.1) is 0 Å². The van der Waals surface area contributed by atoms with Crippen LogP contribution >= 0.6 is 0 Å². The monoisotopic (exact) mass is 246 g/mol. The number of aromatic amines is 1.